The van der Waals surface area contributed by atoms with Gasteiger partial charge in [0.15, 0.2) is 5.58 Å². The van der Waals surface area contributed by atoms with E-state index in [1.807, 2.05) is 12.1 Å². The number of nitrogens with zero attached hydrogens (tertiary/aromatic N) is 1. The van der Waals surface area contributed by atoms with Crippen molar-refractivity contribution in [3.8, 4) is 5.75 Å². The van der Waals surface area contributed by atoms with Gasteiger partial charge in [0, 0.05) is 5.39 Å². The minimum atomic E-state index is 0.817. The summed E-state index contributed by atoms with van der Waals surface area (Å²) in [6, 6.07) is 3.92. The summed E-state index contributed by atoms with van der Waals surface area (Å²) in [6.45, 7) is 2.08. The van der Waals surface area contributed by atoms with Gasteiger partial charge in [0.25, 0.3) is 0 Å². The van der Waals surface area contributed by atoms with Crippen molar-refractivity contribution < 1.29 is 9.26 Å². The van der Waals surface area contributed by atoms with E-state index in [2.05, 4.69) is 12.1 Å². The number of methoxy groups -OCH3 is 1. The van der Waals surface area contributed by atoms with Crippen molar-refractivity contribution in [1.82, 2.24) is 5.16 Å². The van der Waals surface area contributed by atoms with Crippen LogP contribution in [-0.4, -0.2) is 12.3 Å². The Bertz CT molecular complexity index is 382. The molecule has 0 amide bonds. The molecule has 1 heterocycles. The van der Waals surface area contributed by atoms with Crippen LogP contribution in [0.4, 0.5) is 0 Å². The molecule has 2 rings (SSSR count). The molecule has 0 unspecified atom stereocenters. The summed E-state index contributed by atoms with van der Waals surface area (Å²) in [4.78, 5) is 0. The van der Waals surface area contributed by atoms with Gasteiger partial charge < -0.3 is 9.26 Å². The first-order valence-corrected chi connectivity index (χ1v) is 4.26. The second-order valence-corrected chi connectivity index (χ2v) is 2.88. The molecular weight excluding hydrogens is 166 g/mol. The first-order valence-electron chi connectivity index (χ1n) is 4.26. The lowest BCUT2D eigenvalue weighted by Gasteiger charge is -2.04. The predicted octanol–water partition coefficient (Wildman–Crippen LogP) is 2.40. The third-order valence-electron chi connectivity index (χ3n) is 2.14. The molecule has 0 aliphatic carbocycles. The highest BCUT2D eigenvalue weighted by molar-refractivity contribution is 5.78. The van der Waals surface area contributed by atoms with E-state index in [0.717, 1.165) is 28.7 Å². The van der Waals surface area contributed by atoms with Gasteiger partial charge in [-0.3, -0.25) is 0 Å². The number of rotatable bonds is 2. The minimum absolute atomic E-state index is 0.817. The van der Waals surface area contributed by atoms with E-state index in [4.69, 9.17) is 9.26 Å². The normalized spacial score (nSPS) is 10.6. The van der Waals surface area contributed by atoms with Crippen molar-refractivity contribution >= 4 is 11.0 Å². The summed E-state index contributed by atoms with van der Waals surface area (Å²) in [6.07, 6.45) is 2.62. The SMILES string of the molecule is CCc1cc2oncc2cc1OC. The van der Waals surface area contributed by atoms with Gasteiger partial charge in [-0.2, -0.15) is 0 Å². The number of aromatic nitrogens is 1. The van der Waals surface area contributed by atoms with Crippen LogP contribution >= 0.6 is 0 Å². The van der Waals surface area contributed by atoms with Gasteiger partial charge in [-0.15, -0.1) is 0 Å². The Balaban J connectivity index is 2.67. The average molecular weight is 177 g/mol. The van der Waals surface area contributed by atoms with Crippen molar-refractivity contribution in [2.24, 2.45) is 0 Å². The van der Waals surface area contributed by atoms with Crippen molar-refractivity contribution in [2.75, 3.05) is 7.11 Å². The van der Waals surface area contributed by atoms with Crippen molar-refractivity contribution in [2.45, 2.75) is 13.3 Å². The molecule has 0 fully saturated rings. The predicted molar refractivity (Wildman–Crippen MR) is 49.9 cm³/mol. The van der Waals surface area contributed by atoms with Gasteiger partial charge in [0.1, 0.15) is 5.75 Å². The lowest BCUT2D eigenvalue weighted by atomic mass is 10.1. The monoisotopic (exact) mass is 177 g/mol. The third kappa shape index (κ3) is 1.26. The zero-order chi connectivity index (χ0) is 9.26. The van der Waals surface area contributed by atoms with Crippen LogP contribution < -0.4 is 4.74 Å². The summed E-state index contributed by atoms with van der Waals surface area (Å²) >= 11 is 0. The first kappa shape index (κ1) is 8.10. The highest BCUT2D eigenvalue weighted by Crippen LogP contribution is 2.25. The van der Waals surface area contributed by atoms with E-state index in [0.29, 0.717) is 0 Å². The lowest BCUT2D eigenvalue weighted by Crippen LogP contribution is -1.89. The van der Waals surface area contributed by atoms with Crippen LogP contribution in [0.3, 0.4) is 0 Å². The molecule has 0 bridgehead atoms. The van der Waals surface area contributed by atoms with E-state index in [9.17, 15) is 0 Å². The lowest BCUT2D eigenvalue weighted by molar-refractivity contribution is 0.410. The molecular formula is C10H11NO2. The molecule has 0 aliphatic heterocycles. The molecule has 1 aromatic carbocycles. The summed E-state index contributed by atoms with van der Waals surface area (Å²) in [5, 5.41) is 4.70. The summed E-state index contributed by atoms with van der Waals surface area (Å²) < 4.78 is 10.3. The Hall–Kier alpha value is -1.51. The largest absolute Gasteiger partial charge is 0.496 e. The topological polar surface area (TPSA) is 35.3 Å². The smallest absolute Gasteiger partial charge is 0.167 e. The molecule has 68 valence electrons. The number of benzene rings is 1. The first-order chi connectivity index (χ1) is 6.35. The van der Waals surface area contributed by atoms with Gasteiger partial charge >= 0.3 is 0 Å². The molecule has 0 atom stereocenters. The quantitative estimate of drug-likeness (QED) is 0.706. The van der Waals surface area contributed by atoms with Crippen molar-refractivity contribution in [3.63, 3.8) is 0 Å². The summed E-state index contributed by atoms with van der Waals surface area (Å²) in [7, 11) is 1.67. The number of aryl methyl sites for hydroxylation is 1. The minimum Gasteiger partial charge on any atom is -0.496 e. The Morgan fingerprint density at radius 3 is 3.00 bits per heavy atom. The van der Waals surface area contributed by atoms with E-state index in [1.165, 1.54) is 0 Å². The van der Waals surface area contributed by atoms with Crippen LogP contribution in [0.25, 0.3) is 11.0 Å². The van der Waals surface area contributed by atoms with Crippen LogP contribution in [-0.2, 0) is 6.42 Å². The highest BCUT2D eigenvalue weighted by Gasteiger charge is 2.05. The van der Waals surface area contributed by atoms with Crippen molar-refractivity contribution in [1.29, 1.82) is 0 Å². The summed E-state index contributed by atoms with van der Waals surface area (Å²) in [5.74, 6) is 0.901. The number of ether oxygens (including phenoxy) is 1. The average Bonchev–Trinajstić information content (AvgIpc) is 2.62. The van der Waals surface area contributed by atoms with Gasteiger partial charge in [-0.1, -0.05) is 12.1 Å². The van der Waals surface area contributed by atoms with Crippen LogP contribution in [0.15, 0.2) is 22.9 Å². The fourth-order valence-electron chi connectivity index (χ4n) is 1.40. The molecule has 0 N–H and O–H groups in total. The molecule has 13 heavy (non-hydrogen) atoms. The van der Waals surface area contributed by atoms with E-state index < -0.39 is 0 Å². The highest BCUT2D eigenvalue weighted by atomic mass is 16.5. The molecule has 0 radical (unpaired) electrons. The fraction of sp³-hybridized carbons (Fsp3) is 0.300. The molecule has 2 aromatic rings. The molecule has 0 spiro atoms. The molecule has 0 aliphatic rings. The third-order valence-corrected chi connectivity index (χ3v) is 2.14. The second-order valence-electron chi connectivity index (χ2n) is 2.88. The molecule has 3 nitrogen and oxygen atoms in total. The van der Waals surface area contributed by atoms with Gasteiger partial charge in [-0.05, 0) is 24.1 Å². The van der Waals surface area contributed by atoms with Crippen molar-refractivity contribution in [3.05, 3.63) is 23.9 Å². The maximum atomic E-state index is 5.24. The van der Waals surface area contributed by atoms with Gasteiger partial charge in [0.2, 0.25) is 0 Å². The number of hydrogen-bond donors (Lipinski definition) is 0. The van der Waals surface area contributed by atoms with Gasteiger partial charge in [0.05, 0.1) is 13.3 Å². The van der Waals surface area contributed by atoms with Crippen LogP contribution in [0.1, 0.15) is 12.5 Å². The molecule has 0 saturated carbocycles. The second kappa shape index (κ2) is 3.09. The van der Waals surface area contributed by atoms with Gasteiger partial charge in [-0.25, -0.2) is 0 Å². The zero-order valence-corrected chi connectivity index (χ0v) is 7.70. The standard InChI is InChI=1S/C10H11NO2/c1-3-7-4-10-8(6-11-13-10)5-9(7)12-2/h4-6H,3H2,1-2H3. The van der Waals surface area contributed by atoms with Crippen LogP contribution in [0.2, 0.25) is 0 Å². The van der Waals surface area contributed by atoms with E-state index in [1.54, 1.807) is 13.3 Å². The zero-order valence-electron chi connectivity index (χ0n) is 7.70. The maximum Gasteiger partial charge on any atom is 0.167 e. The molecule has 0 saturated heterocycles. The number of fused-ring (bicyclic) bond motifs is 1. The van der Waals surface area contributed by atoms with E-state index in [-0.39, 0.29) is 0 Å². The Labute approximate surface area is 76.3 Å². The van der Waals surface area contributed by atoms with Crippen LogP contribution in [0, 0.1) is 0 Å². The Morgan fingerprint density at radius 2 is 2.31 bits per heavy atom. The Morgan fingerprint density at radius 1 is 1.46 bits per heavy atom. The number of hydrogen-bond acceptors (Lipinski definition) is 3. The Kier molecular flexibility index (Phi) is 1.93. The maximum absolute atomic E-state index is 5.24. The molecule has 1 aromatic heterocycles. The summed E-state index contributed by atoms with van der Waals surface area (Å²) in [5.41, 5.74) is 1.96. The van der Waals surface area contributed by atoms with E-state index >= 15 is 0 Å². The fourth-order valence-corrected chi connectivity index (χ4v) is 1.40. The molecule has 3 heteroatoms. The van der Waals surface area contributed by atoms with Crippen LogP contribution in [0.5, 0.6) is 5.75 Å².